The minimum atomic E-state index is -4.48. The summed E-state index contributed by atoms with van der Waals surface area (Å²) >= 11 is 7.49. The van der Waals surface area contributed by atoms with Crippen LogP contribution in [0.25, 0.3) is 0 Å². The van der Waals surface area contributed by atoms with Crippen LogP contribution < -0.4 is 10.6 Å². The zero-order valence-electron chi connectivity index (χ0n) is 87.9. The fraction of sp³-hybridized carbons (Fsp3) is 0.755. The van der Waals surface area contributed by atoms with Gasteiger partial charge in [0.05, 0.1) is 95.3 Å². The van der Waals surface area contributed by atoms with Crippen molar-refractivity contribution >= 4 is 153 Å². The number of ketones is 9. The van der Waals surface area contributed by atoms with E-state index in [4.69, 9.17) is 40.0 Å². The quantitative estimate of drug-likeness (QED) is 0.0167. The van der Waals surface area contributed by atoms with Crippen LogP contribution in [-0.4, -0.2) is 269 Å². The van der Waals surface area contributed by atoms with E-state index in [0.29, 0.717) is 198 Å². The maximum Gasteiger partial charge on any atom is 0.275 e. The Balaban J connectivity index is -0.000000777. The Labute approximate surface area is 849 Å². The number of alkyl halides is 2. The number of carbonyl (C=O) groups excluding carboxylic acids is 17. The van der Waals surface area contributed by atoms with E-state index in [1.807, 2.05) is 132 Å². The molecule has 0 spiro atoms. The summed E-state index contributed by atoms with van der Waals surface area (Å²) < 4.78 is 86.8. The van der Waals surface area contributed by atoms with Gasteiger partial charge in [0.1, 0.15) is 51.5 Å². The lowest BCUT2D eigenvalue weighted by Gasteiger charge is -2.22. The number of hydrogen-bond donors (Lipinski definition) is 3. The number of hydrogen-bond acceptors (Lipinski definition) is 27. The topological polar surface area (TPSA) is 468 Å². The van der Waals surface area contributed by atoms with Crippen LogP contribution in [0.15, 0.2) is 48.4 Å². The fourth-order valence-electron chi connectivity index (χ4n) is 11.7. The average molecular weight is 2140 g/mol. The highest BCUT2D eigenvalue weighted by Gasteiger charge is 2.38. The lowest BCUT2D eigenvalue weighted by atomic mass is 9.87. The van der Waals surface area contributed by atoms with Gasteiger partial charge in [-0.1, -0.05) is 220 Å². The van der Waals surface area contributed by atoms with Crippen LogP contribution in [0.5, 0.6) is 0 Å². The molecule has 1 unspecified atom stereocenters. The first-order chi connectivity index (χ1) is 64.3. The second-order valence-corrected chi connectivity index (χ2v) is 45.6. The Bertz CT molecular complexity index is 4010. The molecule has 0 aromatic carbocycles. The van der Waals surface area contributed by atoms with Crippen molar-refractivity contribution in [2.24, 2.45) is 37.9 Å². The largest absolute Gasteiger partial charge is 0.379 e. The van der Waals surface area contributed by atoms with Crippen LogP contribution in [0.1, 0.15) is 326 Å². The Morgan fingerprint density at radius 3 is 0.914 bits per heavy atom. The molecule has 3 aliphatic rings. The minimum absolute atomic E-state index is 0.0283. The van der Waals surface area contributed by atoms with E-state index in [2.05, 4.69) is 39.8 Å². The Morgan fingerprint density at radius 2 is 0.626 bits per heavy atom. The normalized spacial score (nSPS) is 13.5. The van der Waals surface area contributed by atoms with Crippen molar-refractivity contribution in [3.63, 3.8) is 0 Å². The highest BCUT2D eigenvalue weighted by Crippen LogP contribution is 2.27. The summed E-state index contributed by atoms with van der Waals surface area (Å²) in [5, 5.41) is 4.90. The van der Waals surface area contributed by atoms with Crippen molar-refractivity contribution in [3.05, 3.63) is 48.4 Å². The first kappa shape index (κ1) is 138. The van der Waals surface area contributed by atoms with E-state index in [9.17, 15) is 103 Å². The van der Waals surface area contributed by atoms with Crippen molar-refractivity contribution in [2.75, 3.05) is 128 Å². The number of Topliss-reactive ketones (excluding diaryl/α,β-unsaturated/α-hetero) is 9. The first-order valence-electron chi connectivity index (χ1n) is 48.6. The van der Waals surface area contributed by atoms with Crippen LogP contribution in [0.2, 0.25) is 0 Å². The third-order valence-corrected chi connectivity index (χ3v) is 24.7. The van der Waals surface area contributed by atoms with Crippen molar-refractivity contribution in [1.82, 2.24) is 25.3 Å². The number of nitrogens with zero attached hydrogens (tertiary/aromatic N) is 3. The molecule has 0 saturated carbocycles. The molecule has 0 aliphatic carbocycles. The number of ether oxygens (including phenoxy) is 6. The number of amides is 8. The smallest absolute Gasteiger partial charge is 0.275 e. The summed E-state index contributed by atoms with van der Waals surface area (Å²) in [4.78, 5) is 198. The monoisotopic (exact) mass is 2140 g/mol. The standard InChI is InChI=1S/C22H36N2O8.C14H21NO6S.C14H27NO4.C14H21NO3.C13H23ClO2.C13H23IO2.C12H22O3S/c1-22(2,3)18(25)7-10-29-12-14-31-16-17-32-15-13-30-11-8-23-19(26)6-9-24-20(27)4-5-21(24)28;1-14(2,3)13(18)10(22(19,20)21)6-4-5-9-15-11(16)7-8-12(15)17;1-5-13(17)15-7-9-19-11-10-18-8-6-12(16)14(2,3)4;1-14(2,3)11(16)7-5-4-6-10-15-12(17)8-9-13(15)18;2*1-13(2,3)12(16)9-7-5-4-6-8-11(15)10-14;1-5-16(14,15)10-8-6-7-9-11(13)12(2,3)4/h4-5H,6-17H2,1-3H3,(H,23,26);7-8,10H,4-6,9H2,1-3H3,(H,19,20,21);5-11H2,1-4H3,(H,15,17);8-9H,4-7,10H2,1-3H3;2*4-10H2,1-3H3;5H,1,6-10H2,2-4H3. The molecule has 1 atom stereocenters. The second kappa shape index (κ2) is 74.8. The van der Waals surface area contributed by atoms with Gasteiger partial charge in [0.25, 0.3) is 45.6 Å². The number of unbranched alkanes of at least 4 members (excludes halogenated alkanes) is 11. The van der Waals surface area contributed by atoms with Gasteiger partial charge in [0.15, 0.2) is 15.6 Å². The van der Waals surface area contributed by atoms with E-state index in [-0.39, 0.29) is 123 Å². The highest BCUT2D eigenvalue weighted by molar-refractivity contribution is 14.1. The molecule has 0 aromatic heterocycles. The molecule has 0 saturated heterocycles. The van der Waals surface area contributed by atoms with Crippen LogP contribution in [0.4, 0.5) is 0 Å². The van der Waals surface area contributed by atoms with Crippen LogP contribution in [0.3, 0.4) is 0 Å². The fourth-order valence-corrected chi connectivity index (χ4v) is 14.1. The molecule has 3 N–H and O–H groups in total. The number of sulfone groups is 1. The lowest BCUT2D eigenvalue weighted by molar-refractivity contribution is -0.138. The number of halogens is 2. The Kier molecular flexibility index (Phi) is 74.4. The van der Waals surface area contributed by atoms with Crippen molar-refractivity contribution in [1.29, 1.82) is 0 Å². The van der Waals surface area contributed by atoms with Gasteiger partial charge in [-0.25, -0.2) is 8.42 Å². The molecule has 0 aromatic rings. The summed E-state index contributed by atoms with van der Waals surface area (Å²) in [6.07, 6.45) is 25.6. The number of nitrogens with one attached hydrogen (secondary N) is 2. The summed E-state index contributed by atoms with van der Waals surface area (Å²) in [7, 11) is -7.55. The first-order valence-corrected chi connectivity index (χ1v) is 53.9. The molecule has 0 bridgehead atoms. The molecule has 3 aliphatic heterocycles. The Hall–Kier alpha value is -7.01. The maximum absolute atomic E-state index is 12.1. The van der Waals surface area contributed by atoms with Gasteiger partial charge in [0.2, 0.25) is 11.8 Å². The number of imide groups is 3. The molecule has 139 heavy (non-hydrogen) atoms. The highest BCUT2D eigenvalue weighted by atomic mass is 127. The van der Waals surface area contributed by atoms with E-state index >= 15 is 0 Å². The van der Waals surface area contributed by atoms with Crippen LogP contribution in [0, 0.1) is 37.9 Å². The molecule has 3 heterocycles. The molecule has 800 valence electrons. The Morgan fingerprint density at radius 1 is 0.360 bits per heavy atom. The van der Waals surface area contributed by atoms with Crippen molar-refractivity contribution in [2.45, 2.75) is 331 Å². The predicted octanol–water partition coefficient (Wildman–Crippen LogP) is 15.5. The molecule has 3 rings (SSSR count). The maximum atomic E-state index is 12.1. The van der Waals surface area contributed by atoms with Gasteiger partial charge >= 0.3 is 0 Å². The van der Waals surface area contributed by atoms with E-state index < -0.39 is 60.0 Å². The zero-order chi connectivity index (χ0) is 107. The third-order valence-electron chi connectivity index (χ3n) is 21.1. The summed E-state index contributed by atoms with van der Waals surface area (Å²) in [6.45, 7) is 51.1. The number of carbonyl (C=O) groups is 17. The van der Waals surface area contributed by atoms with Gasteiger partial charge in [-0.3, -0.25) is 101 Å². The van der Waals surface area contributed by atoms with Crippen LogP contribution >= 0.6 is 34.2 Å². The van der Waals surface area contributed by atoms with E-state index in [0.717, 1.165) is 98.7 Å². The summed E-state index contributed by atoms with van der Waals surface area (Å²) in [6, 6.07) is 0. The molecule has 33 nitrogen and oxygen atoms in total. The lowest BCUT2D eigenvalue weighted by Crippen LogP contribution is -2.38. The molecular weight excluding hydrogens is 1970 g/mol. The van der Waals surface area contributed by atoms with Gasteiger partial charge in [-0.2, -0.15) is 8.42 Å². The van der Waals surface area contributed by atoms with Crippen molar-refractivity contribution in [3.8, 4) is 0 Å². The summed E-state index contributed by atoms with van der Waals surface area (Å²) in [5.41, 5.74) is -2.47. The van der Waals surface area contributed by atoms with E-state index in [1.54, 1.807) is 20.8 Å². The van der Waals surface area contributed by atoms with Gasteiger partial charge in [-0.05, 0) is 70.6 Å². The third kappa shape index (κ3) is 75.4. The number of rotatable bonds is 64. The van der Waals surface area contributed by atoms with Crippen LogP contribution in [-0.2, 0) is 130 Å². The second-order valence-electron chi connectivity index (χ2n) is 40.9. The predicted molar refractivity (Wildman–Crippen MR) is 549 cm³/mol. The molecule has 0 fully saturated rings. The molecular formula is C102H173ClIN5O28S2. The van der Waals surface area contributed by atoms with Gasteiger partial charge in [-0.15, -0.1) is 11.6 Å². The van der Waals surface area contributed by atoms with Gasteiger partial charge in [0, 0.05) is 177 Å². The van der Waals surface area contributed by atoms with Crippen molar-refractivity contribution < 1.29 is 131 Å². The SMILES string of the molecule is C=CS(=O)(=O)CCCCCC(=O)C(C)(C)C.CC(C)(C)C(=O)C(CCCCN1C(=O)C=CC1=O)S(=O)(=O)O.CC(C)(C)C(=O)CCCCCCC(=O)CCl.CC(C)(C)C(=O)CCCCCCC(=O)CI.CC(C)(C)C(=O)CCCCCN1C(=O)C=CC1=O.CC(C)(C)C(=O)CCOCCOCCOCCOCCNC(=O)CCN1C(=O)C=CC1=O.CCC(=O)NCCOCCOCCC(=O)C(C)(C)C. The molecule has 37 heteroatoms. The average Bonchev–Trinajstić information content (AvgIpc) is 1.64. The molecule has 8 amide bonds. The van der Waals surface area contributed by atoms with Gasteiger partial charge < -0.3 is 39.1 Å². The molecule has 0 radical (unpaired) electrons. The zero-order valence-corrected chi connectivity index (χ0v) is 92.5. The summed E-state index contributed by atoms with van der Waals surface area (Å²) in [5.74, 6) is -0.551. The minimum Gasteiger partial charge on any atom is -0.379 e. The van der Waals surface area contributed by atoms with E-state index in [1.165, 1.54) is 41.4 Å².